The Bertz CT molecular complexity index is 1100. The van der Waals surface area contributed by atoms with E-state index >= 15 is 0 Å². The Hall–Kier alpha value is -3.72. The lowest BCUT2D eigenvalue weighted by atomic mass is 9.94. The molecule has 0 aliphatic carbocycles. The molecular formula is C26H32N2O7. The Morgan fingerprint density at radius 3 is 2.17 bits per heavy atom. The number of ether oxygens (including phenoxy) is 4. The number of Topliss-reactive ketones (excluding diaryl/α,β-unsaturated/α-hetero) is 1. The van der Waals surface area contributed by atoms with Crippen LogP contribution < -0.4 is 18.9 Å². The van der Waals surface area contributed by atoms with Crippen LogP contribution in [0.15, 0.2) is 42.0 Å². The molecule has 1 N–H and O–H groups in total. The molecule has 0 bridgehead atoms. The number of benzene rings is 2. The number of aliphatic hydroxyl groups is 1. The highest BCUT2D eigenvalue weighted by atomic mass is 16.5. The monoisotopic (exact) mass is 484 g/mol. The minimum atomic E-state index is -0.850. The number of ketones is 1. The molecule has 188 valence electrons. The molecule has 1 saturated heterocycles. The van der Waals surface area contributed by atoms with E-state index in [4.69, 9.17) is 18.9 Å². The van der Waals surface area contributed by atoms with E-state index in [1.54, 1.807) is 36.4 Å². The highest BCUT2D eigenvalue weighted by Crippen LogP contribution is 2.45. The zero-order valence-corrected chi connectivity index (χ0v) is 21.0. The fraction of sp³-hybridized carbons (Fsp3) is 0.385. The van der Waals surface area contributed by atoms with Crippen LogP contribution in [0.25, 0.3) is 5.76 Å². The van der Waals surface area contributed by atoms with Crippen LogP contribution in [0.3, 0.4) is 0 Å². The van der Waals surface area contributed by atoms with Gasteiger partial charge in [-0.25, -0.2) is 0 Å². The molecule has 0 radical (unpaired) electrons. The van der Waals surface area contributed by atoms with Crippen LogP contribution in [0.5, 0.6) is 23.0 Å². The Morgan fingerprint density at radius 1 is 0.971 bits per heavy atom. The number of hydrogen-bond acceptors (Lipinski definition) is 8. The summed E-state index contributed by atoms with van der Waals surface area (Å²) < 4.78 is 21.7. The minimum Gasteiger partial charge on any atom is -0.507 e. The van der Waals surface area contributed by atoms with E-state index < -0.39 is 17.7 Å². The quantitative estimate of drug-likeness (QED) is 0.312. The second kappa shape index (κ2) is 11.1. The molecule has 3 rings (SSSR count). The summed E-state index contributed by atoms with van der Waals surface area (Å²) in [5.41, 5.74) is 0.906. The third-order valence-corrected chi connectivity index (χ3v) is 5.89. The Balaban J connectivity index is 2.22. The minimum absolute atomic E-state index is 0.0117. The molecule has 2 aromatic rings. The van der Waals surface area contributed by atoms with Crippen molar-refractivity contribution >= 4 is 17.4 Å². The van der Waals surface area contributed by atoms with Gasteiger partial charge in [0, 0.05) is 12.1 Å². The van der Waals surface area contributed by atoms with Gasteiger partial charge in [-0.2, -0.15) is 0 Å². The first-order chi connectivity index (χ1) is 16.8. The van der Waals surface area contributed by atoms with E-state index in [-0.39, 0.29) is 11.3 Å². The van der Waals surface area contributed by atoms with Crippen molar-refractivity contribution in [3.05, 3.63) is 53.1 Å². The molecule has 2 aromatic carbocycles. The lowest BCUT2D eigenvalue weighted by Gasteiger charge is -2.27. The molecule has 35 heavy (non-hydrogen) atoms. The van der Waals surface area contributed by atoms with Gasteiger partial charge in [0.15, 0.2) is 11.5 Å². The summed E-state index contributed by atoms with van der Waals surface area (Å²) in [6, 6.07) is 9.23. The largest absolute Gasteiger partial charge is 0.507 e. The molecule has 0 spiro atoms. The molecule has 1 atom stereocenters. The third kappa shape index (κ3) is 5.19. The van der Waals surface area contributed by atoms with Gasteiger partial charge in [-0.05, 0) is 56.9 Å². The van der Waals surface area contributed by atoms with Crippen LogP contribution in [0, 0.1) is 0 Å². The summed E-state index contributed by atoms with van der Waals surface area (Å²) in [6.07, 6.45) is 0.639. The number of hydrogen-bond donors (Lipinski definition) is 1. The number of likely N-dealkylation sites (tertiary alicyclic amines) is 1. The van der Waals surface area contributed by atoms with Crippen LogP contribution in [0.4, 0.5) is 0 Å². The summed E-state index contributed by atoms with van der Waals surface area (Å²) in [7, 11) is 9.87. The predicted molar refractivity (Wildman–Crippen MR) is 131 cm³/mol. The molecule has 1 fully saturated rings. The van der Waals surface area contributed by atoms with Crippen molar-refractivity contribution < 1.29 is 33.6 Å². The molecule has 0 aromatic heterocycles. The summed E-state index contributed by atoms with van der Waals surface area (Å²) in [6.45, 7) is 1.04. The van der Waals surface area contributed by atoms with Crippen LogP contribution in [0.2, 0.25) is 0 Å². The number of aliphatic hydroxyl groups excluding tert-OH is 1. The summed E-state index contributed by atoms with van der Waals surface area (Å²) in [5.74, 6) is -0.0593. The molecule has 1 heterocycles. The van der Waals surface area contributed by atoms with Crippen LogP contribution in [0.1, 0.15) is 23.6 Å². The van der Waals surface area contributed by atoms with Crippen molar-refractivity contribution in [3.8, 4) is 23.0 Å². The van der Waals surface area contributed by atoms with Crippen LogP contribution in [-0.2, 0) is 9.59 Å². The normalized spacial score (nSPS) is 17.1. The van der Waals surface area contributed by atoms with Gasteiger partial charge in [0.1, 0.15) is 11.5 Å². The summed E-state index contributed by atoms with van der Waals surface area (Å²) >= 11 is 0. The molecule has 0 saturated carbocycles. The van der Waals surface area contributed by atoms with Crippen molar-refractivity contribution in [2.75, 3.05) is 55.6 Å². The van der Waals surface area contributed by atoms with E-state index in [2.05, 4.69) is 0 Å². The average molecular weight is 485 g/mol. The third-order valence-electron chi connectivity index (χ3n) is 5.89. The van der Waals surface area contributed by atoms with Gasteiger partial charge in [0.25, 0.3) is 11.7 Å². The molecule has 1 amide bonds. The lowest BCUT2D eigenvalue weighted by molar-refractivity contribution is -0.139. The van der Waals surface area contributed by atoms with Crippen LogP contribution >= 0.6 is 0 Å². The summed E-state index contributed by atoms with van der Waals surface area (Å²) in [4.78, 5) is 29.9. The second-order valence-corrected chi connectivity index (χ2v) is 8.34. The van der Waals surface area contributed by atoms with Gasteiger partial charge in [-0.3, -0.25) is 9.59 Å². The first kappa shape index (κ1) is 25.9. The number of rotatable bonds is 10. The Kier molecular flexibility index (Phi) is 8.24. The van der Waals surface area contributed by atoms with Gasteiger partial charge in [-0.1, -0.05) is 12.1 Å². The molecule has 1 aliphatic heterocycles. The first-order valence-electron chi connectivity index (χ1n) is 11.1. The predicted octanol–water partition coefficient (Wildman–Crippen LogP) is 3.09. The highest BCUT2D eigenvalue weighted by molar-refractivity contribution is 6.46. The molecule has 9 nitrogen and oxygen atoms in total. The van der Waals surface area contributed by atoms with Crippen molar-refractivity contribution in [1.29, 1.82) is 0 Å². The van der Waals surface area contributed by atoms with Gasteiger partial charge in [-0.15, -0.1) is 0 Å². The Labute approximate surface area is 205 Å². The number of nitrogens with zero attached hydrogens (tertiary/aromatic N) is 2. The fourth-order valence-electron chi connectivity index (χ4n) is 4.20. The average Bonchev–Trinajstić information content (AvgIpc) is 3.12. The van der Waals surface area contributed by atoms with Gasteiger partial charge in [0.05, 0.1) is 40.1 Å². The Morgan fingerprint density at radius 2 is 1.63 bits per heavy atom. The molecule has 1 aliphatic rings. The maximum absolute atomic E-state index is 13.3. The number of methoxy groups -OCH3 is 4. The molecule has 9 heteroatoms. The maximum atomic E-state index is 13.3. The van der Waals surface area contributed by atoms with Crippen molar-refractivity contribution in [1.82, 2.24) is 9.80 Å². The van der Waals surface area contributed by atoms with E-state index in [0.717, 1.165) is 6.54 Å². The number of amides is 1. The van der Waals surface area contributed by atoms with Crippen molar-refractivity contribution in [3.63, 3.8) is 0 Å². The van der Waals surface area contributed by atoms with Gasteiger partial charge < -0.3 is 33.9 Å². The zero-order chi connectivity index (χ0) is 25.7. The lowest BCUT2D eigenvalue weighted by Crippen LogP contribution is -2.32. The summed E-state index contributed by atoms with van der Waals surface area (Å²) in [5, 5.41) is 11.3. The van der Waals surface area contributed by atoms with Gasteiger partial charge >= 0.3 is 0 Å². The van der Waals surface area contributed by atoms with E-state index in [9.17, 15) is 14.7 Å². The number of carbonyl (C=O) groups excluding carboxylic acids is 2. The van der Waals surface area contributed by atoms with E-state index in [1.165, 1.54) is 33.3 Å². The standard InChI is InChI=1S/C26H32N2O7/c1-27(2)11-8-12-28-22(17-14-19(33-4)25(35-6)20(15-17)34-5)21(24(30)26(28)31)23(29)16-9-7-10-18(13-16)32-3/h7,9-10,13-15,22,29H,8,11-12H2,1-6H3/b23-21+/t22-/m1/s1. The molecule has 0 unspecified atom stereocenters. The van der Waals surface area contributed by atoms with Crippen molar-refractivity contribution in [2.24, 2.45) is 0 Å². The van der Waals surface area contributed by atoms with Crippen molar-refractivity contribution in [2.45, 2.75) is 12.5 Å². The van der Waals surface area contributed by atoms with Crippen LogP contribution in [-0.4, -0.2) is 82.2 Å². The maximum Gasteiger partial charge on any atom is 0.295 e. The second-order valence-electron chi connectivity index (χ2n) is 8.34. The smallest absolute Gasteiger partial charge is 0.295 e. The fourth-order valence-corrected chi connectivity index (χ4v) is 4.20. The SMILES string of the molecule is COc1cccc(/C(O)=C2\C(=O)C(=O)N(CCCN(C)C)[C@@H]2c2cc(OC)c(OC)c(OC)c2)c1. The highest BCUT2D eigenvalue weighted by Gasteiger charge is 2.46. The topological polar surface area (TPSA) is 97.8 Å². The van der Waals surface area contributed by atoms with E-state index in [1.807, 2.05) is 19.0 Å². The number of carbonyl (C=O) groups is 2. The molecular weight excluding hydrogens is 452 g/mol. The van der Waals surface area contributed by atoms with E-state index in [0.29, 0.717) is 47.1 Å². The zero-order valence-electron chi connectivity index (χ0n) is 21.0. The first-order valence-corrected chi connectivity index (χ1v) is 11.1. The van der Waals surface area contributed by atoms with Gasteiger partial charge in [0.2, 0.25) is 5.75 Å².